The van der Waals surface area contributed by atoms with E-state index >= 15 is 0 Å². The second kappa shape index (κ2) is 6.19. The number of aryl methyl sites for hydroxylation is 3. The average Bonchev–Trinajstić information content (AvgIpc) is 2.37. The Balaban J connectivity index is 1.86. The predicted octanol–water partition coefficient (Wildman–Crippen LogP) is 4.06. The van der Waals surface area contributed by atoms with E-state index in [4.69, 9.17) is 0 Å². The van der Waals surface area contributed by atoms with Crippen LogP contribution in [0.15, 0.2) is 24.3 Å². The lowest BCUT2D eigenvalue weighted by Gasteiger charge is -2.19. The summed E-state index contributed by atoms with van der Waals surface area (Å²) < 4.78 is 0. The van der Waals surface area contributed by atoms with Gasteiger partial charge in [0.2, 0.25) is 0 Å². The van der Waals surface area contributed by atoms with Crippen LogP contribution in [0.4, 0.5) is 0 Å². The molecule has 0 amide bonds. The summed E-state index contributed by atoms with van der Waals surface area (Å²) in [5.74, 6) is 0.835. The first-order valence-corrected chi connectivity index (χ1v) is 7.09. The first kappa shape index (κ1) is 13.4. The van der Waals surface area contributed by atoms with Crippen molar-refractivity contribution >= 4 is 0 Å². The third kappa shape index (κ3) is 3.46. The smallest absolute Gasteiger partial charge is 0.0208 e. The quantitative estimate of drug-likeness (QED) is 0.786. The van der Waals surface area contributed by atoms with Gasteiger partial charge in [0.25, 0.3) is 0 Å². The minimum absolute atomic E-state index is 0.835. The van der Waals surface area contributed by atoms with E-state index in [1.165, 1.54) is 41.5 Å². The van der Waals surface area contributed by atoms with Gasteiger partial charge in [0.05, 0.1) is 0 Å². The fourth-order valence-corrected chi connectivity index (χ4v) is 2.66. The van der Waals surface area contributed by atoms with Crippen molar-refractivity contribution in [1.82, 2.24) is 5.32 Å². The van der Waals surface area contributed by atoms with Crippen LogP contribution in [-0.2, 0) is 6.54 Å². The molecule has 1 aromatic rings. The molecular formula is C17H25N. The Labute approximate surface area is 111 Å². The van der Waals surface area contributed by atoms with E-state index in [-0.39, 0.29) is 0 Å². The highest BCUT2D eigenvalue weighted by atomic mass is 14.9. The number of rotatable bonds is 4. The predicted molar refractivity (Wildman–Crippen MR) is 78.8 cm³/mol. The van der Waals surface area contributed by atoms with Gasteiger partial charge >= 0.3 is 0 Å². The first-order chi connectivity index (χ1) is 8.66. The van der Waals surface area contributed by atoms with Crippen LogP contribution in [0.2, 0.25) is 0 Å². The maximum absolute atomic E-state index is 3.63. The van der Waals surface area contributed by atoms with Gasteiger partial charge in [-0.15, -0.1) is 0 Å². The summed E-state index contributed by atoms with van der Waals surface area (Å²) in [6.07, 6.45) is 8.49. The first-order valence-electron chi connectivity index (χ1n) is 7.09. The Morgan fingerprint density at radius 2 is 1.83 bits per heavy atom. The van der Waals surface area contributed by atoms with Crippen molar-refractivity contribution in [2.75, 3.05) is 6.54 Å². The third-order valence-corrected chi connectivity index (χ3v) is 4.08. The van der Waals surface area contributed by atoms with Crippen LogP contribution in [-0.4, -0.2) is 6.54 Å². The highest BCUT2D eigenvalue weighted by molar-refractivity contribution is 5.36. The minimum atomic E-state index is 0.835. The van der Waals surface area contributed by atoms with Crippen LogP contribution in [0.1, 0.15) is 41.5 Å². The standard InChI is InChI=1S/C17H25N/c1-13-9-15(3)17(10-14(13)2)12-18-11-16-7-5-4-6-8-16/h4-5,9-10,16,18H,6-8,11-12H2,1-3H3. The molecule has 1 nitrogen and oxygen atoms in total. The molecule has 0 bridgehead atoms. The van der Waals surface area contributed by atoms with Gasteiger partial charge in [-0.25, -0.2) is 0 Å². The molecule has 1 aliphatic carbocycles. The number of hydrogen-bond acceptors (Lipinski definition) is 1. The van der Waals surface area contributed by atoms with E-state index in [0.717, 1.165) is 19.0 Å². The van der Waals surface area contributed by atoms with Crippen LogP contribution in [0.3, 0.4) is 0 Å². The van der Waals surface area contributed by atoms with Crippen molar-refractivity contribution in [3.63, 3.8) is 0 Å². The van der Waals surface area contributed by atoms with Gasteiger partial charge in [-0.3, -0.25) is 0 Å². The van der Waals surface area contributed by atoms with Crippen LogP contribution >= 0.6 is 0 Å². The number of nitrogens with one attached hydrogen (secondary N) is 1. The maximum atomic E-state index is 3.63. The average molecular weight is 243 g/mol. The molecule has 18 heavy (non-hydrogen) atoms. The van der Waals surface area contributed by atoms with Crippen molar-refractivity contribution in [2.45, 2.75) is 46.6 Å². The van der Waals surface area contributed by atoms with E-state index in [1.54, 1.807) is 0 Å². The summed E-state index contributed by atoms with van der Waals surface area (Å²) in [5, 5.41) is 3.63. The largest absolute Gasteiger partial charge is 0.312 e. The zero-order valence-corrected chi connectivity index (χ0v) is 11.9. The Bertz CT molecular complexity index is 431. The van der Waals surface area contributed by atoms with E-state index in [9.17, 15) is 0 Å². The molecule has 1 unspecified atom stereocenters. The Morgan fingerprint density at radius 1 is 1.06 bits per heavy atom. The lowest BCUT2D eigenvalue weighted by Crippen LogP contribution is -2.23. The second-order valence-electron chi connectivity index (χ2n) is 5.64. The molecule has 1 N–H and O–H groups in total. The molecule has 0 saturated carbocycles. The fourth-order valence-electron chi connectivity index (χ4n) is 2.66. The van der Waals surface area contributed by atoms with E-state index in [1.807, 2.05) is 0 Å². The van der Waals surface area contributed by atoms with Crippen molar-refractivity contribution in [1.29, 1.82) is 0 Å². The SMILES string of the molecule is Cc1cc(C)c(CNCC2CC=CCC2)cc1C. The highest BCUT2D eigenvalue weighted by Crippen LogP contribution is 2.18. The molecule has 1 aliphatic rings. The van der Waals surface area contributed by atoms with E-state index < -0.39 is 0 Å². The van der Waals surface area contributed by atoms with Crippen LogP contribution in [0.5, 0.6) is 0 Å². The summed E-state index contributed by atoms with van der Waals surface area (Å²) in [7, 11) is 0. The van der Waals surface area contributed by atoms with Gasteiger partial charge in [0.15, 0.2) is 0 Å². The van der Waals surface area contributed by atoms with Crippen molar-refractivity contribution < 1.29 is 0 Å². The Kier molecular flexibility index (Phi) is 4.60. The molecule has 0 saturated heterocycles. The van der Waals surface area contributed by atoms with Crippen molar-refractivity contribution in [3.8, 4) is 0 Å². The van der Waals surface area contributed by atoms with Crippen molar-refractivity contribution in [3.05, 3.63) is 46.5 Å². The van der Waals surface area contributed by atoms with Crippen LogP contribution in [0.25, 0.3) is 0 Å². The number of hydrogen-bond donors (Lipinski definition) is 1. The molecule has 98 valence electrons. The molecule has 0 aliphatic heterocycles. The van der Waals surface area contributed by atoms with Gasteiger partial charge in [-0.1, -0.05) is 24.3 Å². The molecule has 0 spiro atoms. The van der Waals surface area contributed by atoms with Gasteiger partial charge in [-0.2, -0.15) is 0 Å². The van der Waals surface area contributed by atoms with Crippen LogP contribution in [0, 0.1) is 26.7 Å². The summed E-state index contributed by atoms with van der Waals surface area (Å²) in [6.45, 7) is 8.76. The molecule has 1 aromatic carbocycles. The minimum Gasteiger partial charge on any atom is -0.312 e. The van der Waals surface area contributed by atoms with Gasteiger partial charge in [0, 0.05) is 6.54 Å². The topological polar surface area (TPSA) is 12.0 Å². The summed E-state index contributed by atoms with van der Waals surface area (Å²) >= 11 is 0. The lowest BCUT2D eigenvalue weighted by atomic mass is 9.94. The van der Waals surface area contributed by atoms with Gasteiger partial charge in [-0.05, 0) is 74.8 Å². The van der Waals surface area contributed by atoms with E-state index in [0.29, 0.717) is 0 Å². The van der Waals surface area contributed by atoms with Gasteiger partial charge in [0.1, 0.15) is 0 Å². The van der Waals surface area contributed by atoms with Gasteiger partial charge < -0.3 is 5.32 Å². The van der Waals surface area contributed by atoms with E-state index in [2.05, 4.69) is 50.4 Å². The molecule has 0 radical (unpaired) electrons. The highest BCUT2D eigenvalue weighted by Gasteiger charge is 2.09. The lowest BCUT2D eigenvalue weighted by molar-refractivity contribution is 0.440. The number of allylic oxidation sites excluding steroid dienone is 2. The zero-order valence-electron chi connectivity index (χ0n) is 11.9. The normalized spacial score (nSPS) is 19.2. The Morgan fingerprint density at radius 3 is 2.56 bits per heavy atom. The molecule has 0 heterocycles. The fraction of sp³-hybridized carbons (Fsp3) is 0.529. The summed E-state index contributed by atoms with van der Waals surface area (Å²) in [5.41, 5.74) is 5.66. The Hall–Kier alpha value is -1.08. The number of benzene rings is 1. The molecule has 0 fully saturated rings. The summed E-state index contributed by atoms with van der Waals surface area (Å²) in [6, 6.07) is 4.63. The molecular weight excluding hydrogens is 218 g/mol. The second-order valence-corrected chi connectivity index (χ2v) is 5.64. The third-order valence-electron chi connectivity index (χ3n) is 4.08. The monoisotopic (exact) mass is 243 g/mol. The van der Waals surface area contributed by atoms with Crippen molar-refractivity contribution in [2.24, 2.45) is 5.92 Å². The molecule has 1 atom stereocenters. The molecule has 1 heteroatoms. The molecule has 2 rings (SSSR count). The maximum Gasteiger partial charge on any atom is 0.0208 e. The summed E-state index contributed by atoms with van der Waals surface area (Å²) in [4.78, 5) is 0. The molecule has 0 aromatic heterocycles. The van der Waals surface area contributed by atoms with Crippen LogP contribution < -0.4 is 5.32 Å². The zero-order chi connectivity index (χ0) is 13.0.